The molecule has 5 aromatic heterocycles. The standard InChI is InChI=1S/C18H20N4.C14H16F3N3O3S/c1-22-10-7-13(8-11-22)14-12-20-17-6-5-16(21-18(14)17)15-4-2-3-9-19-15;1-20-6-4-9(5-7-20)10-8-18-11-2-3-12(19-13(10)11)23-24(21,22)14(15,16)17/h2-6,9,12-13,20H,7-8,10-11H2,1H3;2-3,8-9,18H,4-7H2,1H3. The molecule has 2 aliphatic rings. The molecule has 0 radical (unpaired) electrons. The fourth-order valence-electron chi connectivity index (χ4n) is 6.15. The van der Waals surface area contributed by atoms with Crippen molar-refractivity contribution in [3.8, 4) is 17.3 Å². The number of fused-ring (bicyclic) bond motifs is 2. The van der Waals surface area contributed by atoms with E-state index in [1.807, 2.05) is 37.5 Å². The summed E-state index contributed by atoms with van der Waals surface area (Å²) in [5.74, 6) is 0.238. The number of pyridine rings is 3. The Balaban J connectivity index is 0.000000162. The minimum absolute atomic E-state index is 0.219. The summed E-state index contributed by atoms with van der Waals surface area (Å²) in [7, 11) is -1.50. The Morgan fingerprint density at radius 3 is 1.83 bits per heavy atom. The highest BCUT2D eigenvalue weighted by Crippen LogP contribution is 2.35. The van der Waals surface area contributed by atoms with E-state index in [0.717, 1.165) is 73.1 Å². The van der Waals surface area contributed by atoms with Crippen LogP contribution in [0.2, 0.25) is 0 Å². The van der Waals surface area contributed by atoms with Crippen LogP contribution in [0.15, 0.2) is 61.1 Å². The fourth-order valence-corrected chi connectivity index (χ4v) is 6.56. The van der Waals surface area contributed by atoms with E-state index in [0.29, 0.717) is 17.0 Å². The van der Waals surface area contributed by atoms with Crippen LogP contribution < -0.4 is 4.18 Å². The number of aromatic nitrogens is 5. The minimum atomic E-state index is -5.73. The highest BCUT2D eigenvalue weighted by atomic mass is 32.2. The third-order valence-electron chi connectivity index (χ3n) is 8.80. The number of nitrogens with one attached hydrogen (secondary N) is 2. The van der Waals surface area contributed by atoms with Crippen molar-refractivity contribution in [2.75, 3.05) is 40.3 Å². The van der Waals surface area contributed by atoms with Gasteiger partial charge in [-0.3, -0.25) is 4.98 Å². The first-order chi connectivity index (χ1) is 22.0. The van der Waals surface area contributed by atoms with Crippen molar-refractivity contribution in [3.05, 3.63) is 72.2 Å². The number of piperidine rings is 2. The minimum Gasteiger partial charge on any atom is -0.360 e. The van der Waals surface area contributed by atoms with Gasteiger partial charge in [-0.05, 0) is 119 Å². The zero-order valence-electron chi connectivity index (χ0n) is 25.6. The molecular weight excluding hydrogens is 619 g/mol. The number of hydrogen-bond donors (Lipinski definition) is 2. The van der Waals surface area contributed by atoms with E-state index in [4.69, 9.17) is 4.98 Å². The molecule has 244 valence electrons. The van der Waals surface area contributed by atoms with Gasteiger partial charge in [-0.1, -0.05) is 6.07 Å². The van der Waals surface area contributed by atoms with Crippen LogP contribution in [0.4, 0.5) is 13.2 Å². The van der Waals surface area contributed by atoms with Crippen LogP contribution in [0.3, 0.4) is 0 Å². The predicted octanol–water partition coefficient (Wildman–Crippen LogP) is 6.03. The topological polar surface area (TPSA) is 120 Å². The first kappa shape index (κ1) is 32.0. The number of halogens is 3. The van der Waals surface area contributed by atoms with Gasteiger partial charge >= 0.3 is 15.6 Å². The molecule has 14 heteroatoms. The molecule has 46 heavy (non-hydrogen) atoms. The van der Waals surface area contributed by atoms with Crippen molar-refractivity contribution in [1.29, 1.82) is 0 Å². The molecule has 0 unspecified atom stereocenters. The van der Waals surface area contributed by atoms with E-state index in [2.05, 4.69) is 53.2 Å². The summed E-state index contributed by atoms with van der Waals surface area (Å²) in [4.78, 5) is 24.3. The molecule has 2 fully saturated rings. The van der Waals surface area contributed by atoms with E-state index in [-0.39, 0.29) is 5.92 Å². The maximum atomic E-state index is 12.4. The summed E-state index contributed by atoms with van der Waals surface area (Å²) in [6.07, 6.45) is 9.95. The molecule has 0 amide bonds. The molecule has 0 spiro atoms. The number of H-pyrrole nitrogens is 2. The summed E-state index contributed by atoms with van der Waals surface area (Å²) >= 11 is 0. The van der Waals surface area contributed by atoms with Crippen molar-refractivity contribution < 1.29 is 25.8 Å². The van der Waals surface area contributed by atoms with Gasteiger partial charge in [0.15, 0.2) is 0 Å². The summed E-state index contributed by atoms with van der Waals surface area (Å²) in [6, 6.07) is 12.7. The molecule has 7 heterocycles. The van der Waals surface area contributed by atoms with Crippen molar-refractivity contribution in [2.24, 2.45) is 0 Å². The molecule has 5 aromatic rings. The van der Waals surface area contributed by atoms with Gasteiger partial charge in [0.1, 0.15) is 0 Å². The molecule has 0 atom stereocenters. The van der Waals surface area contributed by atoms with Crippen LogP contribution in [0.25, 0.3) is 33.5 Å². The van der Waals surface area contributed by atoms with Gasteiger partial charge < -0.3 is 24.0 Å². The molecule has 0 aromatic carbocycles. The summed E-state index contributed by atoms with van der Waals surface area (Å²) < 4.78 is 63.6. The van der Waals surface area contributed by atoms with E-state index in [1.54, 1.807) is 6.20 Å². The Labute approximate surface area is 265 Å². The number of rotatable bonds is 5. The monoisotopic (exact) mass is 655 g/mol. The summed E-state index contributed by atoms with van der Waals surface area (Å²) in [6.45, 7) is 4.15. The molecule has 0 bridgehead atoms. The second kappa shape index (κ2) is 13.0. The molecule has 2 N–H and O–H groups in total. The molecule has 2 saturated heterocycles. The molecule has 10 nitrogen and oxygen atoms in total. The Morgan fingerprint density at radius 2 is 1.30 bits per heavy atom. The lowest BCUT2D eigenvalue weighted by molar-refractivity contribution is -0.0501. The highest BCUT2D eigenvalue weighted by molar-refractivity contribution is 7.87. The highest BCUT2D eigenvalue weighted by Gasteiger charge is 2.49. The van der Waals surface area contributed by atoms with Gasteiger partial charge in [-0.25, -0.2) is 9.97 Å². The van der Waals surface area contributed by atoms with E-state index < -0.39 is 21.5 Å². The van der Waals surface area contributed by atoms with Crippen molar-refractivity contribution >= 4 is 32.2 Å². The lowest BCUT2D eigenvalue weighted by Crippen LogP contribution is -2.29. The zero-order chi connectivity index (χ0) is 32.5. The average molecular weight is 656 g/mol. The van der Waals surface area contributed by atoms with Crippen LogP contribution >= 0.6 is 0 Å². The first-order valence-electron chi connectivity index (χ1n) is 15.2. The second-order valence-corrected chi connectivity index (χ2v) is 13.5. The van der Waals surface area contributed by atoms with Gasteiger partial charge in [-0.15, -0.1) is 0 Å². The maximum absolute atomic E-state index is 12.4. The maximum Gasteiger partial charge on any atom is 0.534 e. The van der Waals surface area contributed by atoms with Gasteiger partial charge in [-0.2, -0.15) is 21.6 Å². The van der Waals surface area contributed by atoms with Crippen LogP contribution in [-0.4, -0.2) is 88.9 Å². The van der Waals surface area contributed by atoms with Crippen LogP contribution in [0.1, 0.15) is 48.6 Å². The van der Waals surface area contributed by atoms with E-state index in [1.165, 1.54) is 24.5 Å². The molecule has 0 aliphatic carbocycles. The van der Waals surface area contributed by atoms with Gasteiger partial charge in [0.25, 0.3) is 0 Å². The van der Waals surface area contributed by atoms with Gasteiger partial charge in [0.05, 0.1) is 33.5 Å². The largest absolute Gasteiger partial charge is 0.534 e. The van der Waals surface area contributed by atoms with E-state index >= 15 is 0 Å². The summed E-state index contributed by atoms with van der Waals surface area (Å²) in [5.41, 5.74) is 1.92. The molecule has 2 aliphatic heterocycles. The van der Waals surface area contributed by atoms with Crippen molar-refractivity contribution in [1.82, 2.24) is 34.7 Å². The lowest BCUT2D eigenvalue weighted by atomic mass is 9.90. The third kappa shape index (κ3) is 6.88. The third-order valence-corrected chi connectivity index (χ3v) is 9.76. The van der Waals surface area contributed by atoms with Crippen molar-refractivity contribution in [2.45, 2.75) is 43.0 Å². The molecular formula is C32H36F3N7O3S. The molecule has 7 rings (SSSR count). The number of nitrogens with zero attached hydrogens (tertiary/aromatic N) is 5. The van der Waals surface area contributed by atoms with Crippen LogP contribution in [0.5, 0.6) is 5.88 Å². The van der Waals surface area contributed by atoms with Gasteiger partial charge in [0, 0.05) is 24.7 Å². The van der Waals surface area contributed by atoms with Gasteiger partial charge in [0.2, 0.25) is 5.88 Å². The Kier molecular flexibility index (Phi) is 9.03. The Hall–Kier alpha value is -4.01. The van der Waals surface area contributed by atoms with Crippen LogP contribution in [-0.2, 0) is 10.1 Å². The SMILES string of the molecule is CN1CCC(c2c[nH]c3ccc(-c4ccccn4)nc23)CC1.CN1CCC(c2c[nH]c3ccc(OS(=O)(=O)C(F)(F)F)nc23)CC1. The Bertz CT molecular complexity index is 1890. The van der Waals surface area contributed by atoms with E-state index in [9.17, 15) is 21.6 Å². The lowest BCUT2D eigenvalue weighted by Gasteiger charge is -2.28. The Morgan fingerprint density at radius 1 is 0.761 bits per heavy atom. The number of likely N-dealkylation sites (tertiary alicyclic amines) is 2. The fraction of sp³-hybridized carbons (Fsp3) is 0.406. The first-order valence-corrected chi connectivity index (χ1v) is 16.6. The number of aromatic amines is 2. The smallest absolute Gasteiger partial charge is 0.360 e. The summed E-state index contributed by atoms with van der Waals surface area (Å²) in [5, 5.41) is 0. The molecule has 0 saturated carbocycles. The van der Waals surface area contributed by atoms with Crippen LogP contribution in [0, 0.1) is 0 Å². The quantitative estimate of drug-likeness (QED) is 0.174. The predicted molar refractivity (Wildman–Crippen MR) is 170 cm³/mol. The number of hydrogen-bond acceptors (Lipinski definition) is 8. The average Bonchev–Trinajstić information content (AvgIpc) is 3.66. The number of alkyl halides is 3. The van der Waals surface area contributed by atoms with Crippen molar-refractivity contribution in [3.63, 3.8) is 0 Å². The zero-order valence-corrected chi connectivity index (χ0v) is 26.4. The normalized spacial score (nSPS) is 17.7. The second-order valence-electron chi connectivity index (χ2n) is 12.0.